The predicted octanol–water partition coefficient (Wildman–Crippen LogP) is 5.48. The van der Waals surface area contributed by atoms with Gasteiger partial charge in [0.25, 0.3) is 5.69 Å². The van der Waals surface area contributed by atoms with Gasteiger partial charge in [-0.2, -0.15) is 0 Å². The number of carbonyl (C=O) groups excluding carboxylic acids is 2. The smallest absolute Gasteiger partial charge is 0.305 e. The van der Waals surface area contributed by atoms with E-state index in [9.17, 15) is 24.5 Å². The molecule has 2 amide bonds. The van der Waals surface area contributed by atoms with Crippen LogP contribution in [0.3, 0.4) is 0 Å². The van der Waals surface area contributed by atoms with Crippen molar-refractivity contribution in [3.05, 3.63) is 113 Å². The van der Waals surface area contributed by atoms with Crippen LogP contribution in [0.4, 0.5) is 11.4 Å². The highest BCUT2D eigenvalue weighted by atomic mass is 79.9. The number of halogens is 1. The summed E-state index contributed by atoms with van der Waals surface area (Å²) in [5.41, 5.74) is 1.76. The highest BCUT2D eigenvalue weighted by molar-refractivity contribution is 9.10. The average Bonchev–Trinajstić information content (AvgIpc) is 3.42. The van der Waals surface area contributed by atoms with Gasteiger partial charge < -0.3 is 9.72 Å². The topological polar surface area (TPSA) is 123 Å². The Hall–Kier alpha value is -3.74. The van der Waals surface area contributed by atoms with Gasteiger partial charge in [0, 0.05) is 33.0 Å². The van der Waals surface area contributed by atoms with Crippen molar-refractivity contribution in [1.82, 2.24) is 4.98 Å². The van der Waals surface area contributed by atoms with E-state index >= 15 is 0 Å². The first-order chi connectivity index (χ1) is 18.8. The van der Waals surface area contributed by atoms with Gasteiger partial charge in [0.2, 0.25) is 11.8 Å². The molecule has 39 heavy (non-hydrogen) atoms. The molecule has 3 aromatic carbocycles. The zero-order chi connectivity index (χ0) is 27.3. The number of aromatic amines is 1. The molecular formula is C27H18BrN3O6S2. The molecule has 0 radical (unpaired) electrons. The molecule has 1 saturated heterocycles. The lowest BCUT2D eigenvalue weighted by Gasteiger charge is -2.31. The van der Waals surface area contributed by atoms with Gasteiger partial charge in [-0.3, -0.25) is 24.5 Å². The maximum absolute atomic E-state index is 14.0. The highest BCUT2D eigenvalue weighted by Crippen LogP contribution is 2.54. The SMILES string of the molecule is O=C1C2Sc3[nH]c(=O)sc3C(c3cc(Br)ccc3OCc3ccccc3)C2C(=O)N1c1ccc([N+](=O)[O-])cc1. The molecular weight excluding hydrogens is 606 g/mol. The van der Waals surface area contributed by atoms with Crippen molar-refractivity contribution in [2.45, 2.75) is 22.8 Å². The molecule has 1 N–H and O–H groups in total. The molecule has 9 nitrogen and oxygen atoms in total. The number of nitrogens with one attached hydrogen (secondary N) is 1. The molecule has 0 spiro atoms. The number of amides is 2. The van der Waals surface area contributed by atoms with Crippen molar-refractivity contribution in [2.24, 2.45) is 5.92 Å². The van der Waals surface area contributed by atoms with E-state index in [2.05, 4.69) is 20.9 Å². The van der Waals surface area contributed by atoms with E-state index in [0.29, 0.717) is 27.8 Å². The molecule has 0 bridgehead atoms. The number of non-ortho nitro benzene ring substituents is 1. The number of nitro groups is 1. The van der Waals surface area contributed by atoms with Gasteiger partial charge in [-0.15, -0.1) is 0 Å². The maximum atomic E-state index is 14.0. The average molecular weight is 624 g/mol. The van der Waals surface area contributed by atoms with Gasteiger partial charge in [-0.1, -0.05) is 69.4 Å². The molecule has 2 aliphatic rings. The molecule has 4 aromatic rings. The highest BCUT2D eigenvalue weighted by Gasteiger charge is 2.56. The predicted molar refractivity (Wildman–Crippen MR) is 150 cm³/mol. The fourth-order valence-electron chi connectivity index (χ4n) is 4.96. The number of nitrogens with zero attached hydrogens (tertiary/aromatic N) is 2. The van der Waals surface area contributed by atoms with Crippen LogP contribution in [-0.2, 0) is 16.2 Å². The van der Waals surface area contributed by atoms with E-state index in [4.69, 9.17) is 4.74 Å². The number of nitro benzene ring substituents is 1. The summed E-state index contributed by atoms with van der Waals surface area (Å²) in [6.07, 6.45) is 0. The number of hydrogen-bond donors (Lipinski definition) is 1. The quantitative estimate of drug-likeness (QED) is 0.171. The van der Waals surface area contributed by atoms with Gasteiger partial charge in [-0.05, 0) is 35.9 Å². The number of aromatic nitrogens is 1. The second-order valence-electron chi connectivity index (χ2n) is 8.99. The molecule has 3 unspecified atom stereocenters. The monoisotopic (exact) mass is 623 g/mol. The van der Waals surface area contributed by atoms with E-state index < -0.39 is 33.8 Å². The van der Waals surface area contributed by atoms with E-state index in [1.54, 1.807) is 0 Å². The normalized spacial score (nSPS) is 20.0. The van der Waals surface area contributed by atoms with E-state index in [0.717, 1.165) is 26.3 Å². The molecule has 3 heterocycles. The zero-order valence-electron chi connectivity index (χ0n) is 19.9. The minimum atomic E-state index is -0.815. The van der Waals surface area contributed by atoms with Gasteiger partial charge in [-0.25, -0.2) is 4.90 Å². The van der Waals surface area contributed by atoms with Gasteiger partial charge in [0.05, 0.1) is 21.6 Å². The number of thioether (sulfide) groups is 1. The van der Waals surface area contributed by atoms with E-state index in [-0.39, 0.29) is 16.2 Å². The van der Waals surface area contributed by atoms with Crippen molar-refractivity contribution >= 4 is 62.2 Å². The fraction of sp³-hybridized carbons (Fsp3) is 0.148. The lowest BCUT2D eigenvalue weighted by atomic mass is 9.82. The molecule has 0 aliphatic carbocycles. The number of imide groups is 1. The van der Waals surface area contributed by atoms with Crippen LogP contribution in [0, 0.1) is 16.0 Å². The second kappa shape index (κ2) is 10.1. The van der Waals surface area contributed by atoms with Gasteiger partial charge >= 0.3 is 4.87 Å². The summed E-state index contributed by atoms with van der Waals surface area (Å²) in [5.74, 6) is -1.77. The van der Waals surface area contributed by atoms with Gasteiger partial charge in [0.15, 0.2) is 0 Å². The minimum absolute atomic E-state index is 0.142. The van der Waals surface area contributed by atoms with Crippen LogP contribution in [0.1, 0.15) is 21.9 Å². The van der Waals surface area contributed by atoms with Crippen molar-refractivity contribution < 1.29 is 19.2 Å². The standard InChI is InChI=1S/C27H18BrN3O6S2/c28-15-6-11-19(37-13-14-4-2-1-3-5-14)18(12-15)20-21-23(38-24-22(20)39-27(34)29-24)26(33)30(25(21)32)16-7-9-17(10-8-16)31(35)36/h1-12,20-21,23H,13H2,(H,29,34). The third kappa shape index (κ3) is 4.58. The Morgan fingerprint density at radius 2 is 1.74 bits per heavy atom. The number of benzene rings is 3. The summed E-state index contributed by atoms with van der Waals surface area (Å²) >= 11 is 5.71. The Bertz CT molecular complexity index is 1670. The Balaban J connectivity index is 1.43. The second-order valence-corrected chi connectivity index (χ2v) is 12.1. The Morgan fingerprint density at radius 1 is 1.00 bits per heavy atom. The first-order valence-electron chi connectivity index (χ1n) is 11.8. The van der Waals surface area contributed by atoms with Crippen LogP contribution in [0.2, 0.25) is 0 Å². The Morgan fingerprint density at radius 3 is 2.46 bits per heavy atom. The van der Waals surface area contributed by atoms with Crippen LogP contribution in [0.25, 0.3) is 0 Å². The van der Waals surface area contributed by atoms with E-state index in [1.807, 2.05) is 48.5 Å². The number of hydrogen-bond acceptors (Lipinski definition) is 8. The molecule has 196 valence electrons. The number of H-pyrrole nitrogens is 1. The van der Waals surface area contributed by atoms with Crippen molar-refractivity contribution in [1.29, 1.82) is 0 Å². The molecule has 0 saturated carbocycles. The number of rotatable bonds is 6. The summed E-state index contributed by atoms with van der Waals surface area (Å²) in [5, 5.41) is 10.9. The third-order valence-electron chi connectivity index (χ3n) is 6.69. The molecule has 2 aliphatic heterocycles. The van der Waals surface area contributed by atoms with Crippen LogP contribution >= 0.6 is 39.0 Å². The molecule has 1 fully saturated rings. The number of thiazole rings is 1. The Labute approximate surface area is 238 Å². The lowest BCUT2D eigenvalue weighted by Crippen LogP contribution is -2.32. The minimum Gasteiger partial charge on any atom is -0.489 e. The molecule has 6 rings (SSSR count). The number of fused-ring (bicyclic) bond motifs is 2. The zero-order valence-corrected chi connectivity index (χ0v) is 23.1. The summed E-state index contributed by atoms with van der Waals surface area (Å²) in [6, 6.07) is 20.5. The summed E-state index contributed by atoms with van der Waals surface area (Å²) in [4.78, 5) is 54.9. The maximum Gasteiger partial charge on any atom is 0.305 e. The fourth-order valence-corrected chi connectivity index (χ4v) is 7.84. The van der Waals surface area contributed by atoms with Crippen molar-refractivity contribution in [2.75, 3.05) is 4.90 Å². The summed E-state index contributed by atoms with van der Waals surface area (Å²) < 4.78 is 6.98. The molecule has 12 heteroatoms. The first kappa shape index (κ1) is 25.5. The number of ether oxygens (including phenoxy) is 1. The summed E-state index contributed by atoms with van der Waals surface area (Å²) in [6.45, 7) is 0.295. The Kier molecular flexibility index (Phi) is 6.61. The van der Waals surface area contributed by atoms with Crippen molar-refractivity contribution in [3.63, 3.8) is 0 Å². The van der Waals surface area contributed by atoms with Gasteiger partial charge in [0.1, 0.15) is 17.6 Å². The lowest BCUT2D eigenvalue weighted by molar-refractivity contribution is -0.384. The third-order valence-corrected chi connectivity index (χ3v) is 9.58. The van der Waals surface area contributed by atoms with Crippen molar-refractivity contribution in [3.8, 4) is 5.75 Å². The van der Waals surface area contributed by atoms with Crippen LogP contribution < -0.4 is 14.5 Å². The molecule has 1 aromatic heterocycles. The summed E-state index contributed by atoms with van der Waals surface area (Å²) in [7, 11) is 0. The number of carbonyl (C=O) groups is 2. The number of anilines is 1. The van der Waals surface area contributed by atoms with E-state index in [1.165, 1.54) is 36.0 Å². The largest absolute Gasteiger partial charge is 0.489 e. The van der Waals surface area contributed by atoms with Crippen LogP contribution in [-0.4, -0.2) is 27.0 Å². The molecule has 3 atom stereocenters. The van der Waals surface area contributed by atoms with Crippen LogP contribution in [0.15, 0.2) is 87.1 Å². The van der Waals surface area contributed by atoms with Crippen LogP contribution in [0.5, 0.6) is 5.75 Å². The first-order valence-corrected chi connectivity index (χ1v) is 14.3.